The number of nitrogen functional groups attached to an aromatic ring is 1. The van der Waals surface area contributed by atoms with Crippen LogP contribution in [0, 0.1) is 0 Å². The van der Waals surface area contributed by atoms with Gasteiger partial charge in [0.05, 0.1) is 5.69 Å². The minimum Gasteiger partial charge on any atom is -0.395 e. The number of nitrogens with zero attached hydrogens (tertiary/aromatic N) is 2. The second-order valence-electron chi connectivity index (χ2n) is 7.10. The van der Waals surface area contributed by atoms with E-state index in [1.807, 2.05) is 19.1 Å². The molecule has 1 aliphatic rings. The van der Waals surface area contributed by atoms with Crippen LogP contribution in [0.1, 0.15) is 58.3 Å². The molecule has 154 valence electrons. The van der Waals surface area contributed by atoms with E-state index in [4.69, 9.17) is 11.5 Å². The molecule has 3 rings (SSSR count). The first-order valence-electron chi connectivity index (χ1n) is 9.65. The van der Waals surface area contributed by atoms with Crippen molar-refractivity contribution in [2.75, 3.05) is 17.2 Å². The summed E-state index contributed by atoms with van der Waals surface area (Å²) in [5.74, 6) is -1.52. The van der Waals surface area contributed by atoms with Crippen molar-refractivity contribution in [3.63, 3.8) is 0 Å². The lowest BCUT2D eigenvalue weighted by molar-refractivity contribution is -0.120. The molecule has 0 unspecified atom stereocenters. The Kier molecular flexibility index (Phi) is 6.48. The molecule has 0 bridgehead atoms. The monoisotopic (exact) mass is 415 g/mol. The third kappa shape index (κ3) is 4.73. The van der Waals surface area contributed by atoms with Gasteiger partial charge in [0.15, 0.2) is 5.69 Å². The Bertz CT molecular complexity index is 903. The Labute approximate surface area is 173 Å². The zero-order valence-corrected chi connectivity index (χ0v) is 17.1. The Morgan fingerprint density at radius 3 is 2.41 bits per heavy atom. The van der Waals surface area contributed by atoms with Crippen LogP contribution in [-0.4, -0.2) is 34.7 Å². The minimum atomic E-state index is -0.796. The topological polar surface area (TPSA) is 131 Å². The smallest absolute Gasteiger partial charge is 0.272 e. The molecule has 1 aliphatic carbocycles. The lowest BCUT2D eigenvalue weighted by Crippen LogP contribution is -2.43. The van der Waals surface area contributed by atoms with Gasteiger partial charge in [-0.3, -0.25) is 19.3 Å². The van der Waals surface area contributed by atoms with Crippen LogP contribution in [0.15, 0.2) is 24.3 Å². The van der Waals surface area contributed by atoms with Gasteiger partial charge >= 0.3 is 0 Å². The van der Waals surface area contributed by atoms with Gasteiger partial charge in [-0.1, -0.05) is 31.9 Å². The molecule has 1 fully saturated rings. The maximum absolute atomic E-state index is 13.2. The first-order valence-corrected chi connectivity index (χ1v) is 10.4. The number of carbonyl (C=O) groups is 3. The lowest BCUT2D eigenvalue weighted by Gasteiger charge is -2.23. The number of hydrogen-bond donors (Lipinski definition) is 3. The molecule has 9 heteroatoms. The average molecular weight is 416 g/mol. The molecule has 0 radical (unpaired) electrons. The number of rotatable bonds is 7. The van der Waals surface area contributed by atoms with E-state index in [1.165, 1.54) is 4.90 Å². The summed E-state index contributed by atoms with van der Waals surface area (Å²) in [5.41, 5.74) is 12.7. The van der Waals surface area contributed by atoms with E-state index in [0.717, 1.165) is 49.2 Å². The Morgan fingerprint density at radius 1 is 1.21 bits per heavy atom. The first kappa shape index (κ1) is 20.8. The molecule has 2 aromatic rings. The zero-order valence-electron chi connectivity index (χ0n) is 16.3. The normalized spacial score (nSPS) is 14.0. The van der Waals surface area contributed by atoms with Crippen LogP contribution in [0.5, 0.6) is 0 Å². The van der Waals surface area contributed by atoms with Gasteiger partial charge in [-0.25, -0.2) is 0 Å². The van der Waals surface area contributed by atoms with Crippen molar-refractivity contribution in [3.05, 3.63) is 40.4 Å². The number of aryl methyl sites for hydroxylation is 1. The van der Waals surface area contributed by atoms with E-state index in [0.29, 0.717) is 5.69 Å². The van der Waals surface area contributed by atoms with E-state index in [1.54, 1.807) is 12.1 Å². The first-order chi connectivity index (χ1) is 13.9. The number of benzene rings is 1. The summed E-state index contributed by atoms with van der Waals surface area (Å²) in [5, 5.41) is 3.00. The standard InChI is InChI=1S/C20H25N5O3S/c1-2-12-7-9-14(10-8-12)25(11-15(26)23-13-5-3-4-6-13)20(28)18-16(21)17(19(22)27)24-29-18/h7-10,13H,2-6,11,21H2,1H3,(H2,22,27)(H,23,26). The van der Waals surface area contributed by atoms with Crippen LogP contribution in [0.4, 0.5) is 11.4 Å². The third-order valence-electron chi connectivity index (χ3n) is 5.08. The van der Waals surface area contributed by atoms with Crippen LogP contribution in [-0.2, 0) is 11.2 Å². The van der Waals surface area contributed by atoms with Gasteiger partial charge in [0, 0.05) is 11.7 Å². The SMILES string of the molecule is CCc1ccc(N(CC(=O)NC2CCCC2)C(=O)c2snc(C(N)=O)c2N)cc1. The van der Waals surface area contributed by atoms with Gasteiger partial charge in [-0.15, -0.1) is 0 Å². The van der Waals surface area contributed by atoms with Crippen molar-refractivity contribution >= 4 is 40.6 Å². The molecule has 29 heavy (non-hydrogen) atoms. The van der Waals surface area contributed by atoms with E-state index < -0.39 is 11.8 Å². The average Bonchev–Trinajstić information content (AvgIpc) is 3.35. The fourth-order valence-electron chi connectivity index (χ4n) is 3.43. The molecule has 1 aromatic heterocycles. The summed E-state index contributed by atoms with van der Waals surface area (Å²) < 4.78 is 3.90. The number of carbonyl (C=O) groups excluding carboxylic acids is 3. The van der Waals surface area contributed by atoms with Crippen LogP contribution in [0.25, 0.3) is 0 Å². The van der Waals surface area contributed by atoms with Crippen molar-refractivity contribution in [2.24, 2.45) is 5.73 Å². The molecule has 1 saturated carbocycles. The molecule has 1 heterocycles. The Hall–Kier alpha value is -2.94. The fraction of sp³-hybridized carbons (Fsp3) is 0.400. The molecule has 3 amide bonds. The van der Waals surface area contributed by atoms with Crippen LogP contribution >= 0.6 is 11.5 Å². The number of amides is 3. The highest BCUT2D eigenvalue weighted by Gasteiger charge is 2.28. The van der Waals surface area contributed by atoms with Crippen LogP contribution in [0.3, 0.4) is 0 Å². The van der Waals surface area contributed by atoms with Crippen molar-refractivity contribution in [2.45, 2.75) is 45.1 Å². The molecule has 0 aliphatic heterocycles. The quantitative estimate of drug-likeness (QED) is 0.637. The second-order valence-corrected chi connectivity index (χ2v) is 7.87. The van der Waals surface area contributed by atoms with Gasteiger partial charge in [-0.2, -0.15) is 4.37 Å². The van der Waals surface area contributed by atoms with Gasteiger partial charge in [0.2, 0.25) is 5.91 Å². The Balaban J connectivity index is 1.87. The summed E-state index contributed by atoms with van der Waals surface area (Å²) in [6.45, 7) is 1.89. The van der Waals surface area contributed by atoms with E-state index in [9.17, 15) is 14.4 Å². The predicted molar refractivity (Wildman–Crippen MR) is 113 cm³/mol. The number of hydrogen-bond acceptors (Lipinski definition) is 6. The number of aromatic nitrogens is 1. The molecule has 0 spiro atoms. The number of primary amides is 1. The van der Waals surface area contributed by atoms with Crippen molar-refractivity contribution < 1.29 is 14.4 Å². The Morgan fingerprint density at radius 2 is 1.86 bits per heavy atom. The van der Waals surface area contributed by atoms with Crippen molar-refractivity contribution in [1.82, 2.24) is 9.69 Å². The fourth-order valence-corrected chi connectivity index (χ4v) is 4.18. The van der Waals surface area contributed by atoms with Crippen molar-refractivity contribution in [3.8, 4) is 0 Å². The molecular weight excluding hydrogens is 390 g/mol. The second kappa shape index (κ2) is 9.04. The molecule has 0 atom stereocenters. The van der Waals surface area contributed by atoms with Gasteiger partial charge in [0.25, 0.3) is 11.8 Å². The number of nitrogens with two attached hydrogens (primary N) is 2. The van der Waals surface area contributed by atoms with Crippen molar-refractivity contribution in [1.29, 1.82) is 0 Å². The molecular formula is C20H25N5O3S. The summed E-state index contributed by atoms with van der Waals surface area (Å²) in [6.07, 6.45) is 4.96. The molecule has 0 saturated heterocycles. The summed E-state index contributed by atoms with van der Waals surface area (Å²) in [6, 6.07) is 7.57. The highest BCUT2D eigenvalue weighted by atomic mass is 32.1. The van der Waals surface area contributed by atoms with E-state index in [-0.39, 0.29) is 34.8 Å². The van der Waals surface area contributed by atoms with E-state index >= 15 is 0 Å². The lowest BCUT2D eigenvalue weighted by atomic mass is 10.1. The largest absolute Gasteiger partial charge is 0.395 e. The summed E-state index contributed by atoms with van der Waals surface area (Å²) in [4.78, 5) is 38.7. The van der Waals surface area contributed by atoms with Crippen LogP contribution in [0.2, 0.25) is 0 Å². The third-order valence-corrected chi connectivity index (χ3v) is 5.93. The highest BCUT2D eigenvalue weighted by Crippen LogP contribution is 2.26. The van der Waals surface area contributed by atoms with E-state index in [2.05, 4.69) is 9.69 Å². The summed E-state index contributed by atoms with van der Waals surface area (Å²) in [7, 11) is 0. The molecule has 8 nitrogen and oxygen atoms in total. The predicted octanol–water partition coefficient (Wildman–Crippen LogP) is 2.09. The van der Waals surface area contributed by atoms with Gasteiger partial charge < -0.3 is 16.8 Å². The van der Waals surface area contributed by atoms with Crippen LogP contribution < -0.4 is 21.7 Å². The molecule has 5 N–H and O–H groups in total. The number of anilines is 2. The summed E-state index contributed by atoms with van der Waals surface area (Å²) >= 11 is 0.805. The maximum atomic E-state index is 13.2. The minimum absolute atomic E-state index is 0.0566. The van der Waals surface area contributed by atoms with Gasteiger partial charge in [0.1, 0.15) is 11.4 Å². The molecule has 1 aromatic carbocycles. The highest BCUT2D eigenvalue weighted by molar-refractivity contribution is 7.09. The maximum Gasteiger partial charge on any atom is 0.272 e. The number of nitrogens with one attached hydrogen (secondary N) is 1. The van der Waals surface area contributed by atoms with Gasteiger partial charge in [-0.05, 0) is 48.5 Å². The zero-order chi connectivity index (χ0) is 21.0.